The molecule has 0 radical (unpaired) electrons. The fourth-order valence-electron chi connectivity index (χ4n) is 2.32. The molecular formula is C15H33NO9Si. The van der Waals surface area contributed by atoms with E-state index in [0.29, 0.717) is 19.8 Å². The largest absolute Gasteiger partial charge is 0.505 e. The number of amides is 1. The van der Waals surface area contributed by atoms with Crippen molar-refractivity contribution >= 4 is 14.7 Å². The van der Waals surface area contributed by atoms with Crippen LogP contribution < -0.4 is 5.32 Å². The SMILES string of the molecule is CCO[Si](OCC)(OCC)C(C)CNC(=O)[C@H](O)[C@@H](O)[C@H](O)[C@H](O)CO. The van der Waals surface area contributed by atoms with Gasteiger partial charge in [-0.2, -0.15) is 0 Å². The Balaban J connectivity index is 4.88. The van der Waals surface area contributed by atoms with Gasteiger partial charge in [-0.15, -0.1) is 0 Å². The Kier molecular flexibility index (Phi) is 12.4. The van der Waals surface area contributed by atoms with Crippen LogP contribution in [0.1, 0.15) is 27.7 Å². The fraction of sp³-hybridized carbons (Fsp3) is 0.933. The molecule has 0 spiro atoms. The first kappa shape index (κ1) is 25.4. The van der Waals surface area contributed by atoms with Crippen molar-refractivity contribution in [3.63, 3.8) is 0 Å². The van der Waals surface area contributed by atoms with E-state index in [9.17, 15) is 25.2 Å². The topological polar surface area (TPSA) is 158 Å². The Morgan fingerprint density at radius 3 is 1.81 bits per heavy atom. The van der Waals surface area contributed by atoms with Gasteiger partial charge in [0.1, 0.15) is 18.3 Å². The molecule has 0 saturated carbocycles. The van der Waals surface area contributed by atoms with Crippen molar-refractivity contribution in [2.24, 2.45) is 0 Å². The third-order valence-electron chi connectivity index (χ3n) is 3.75. The molecule has 0 fully saturated rings. The lowest BCUT2D eigenvalue weighted by molar-refractivity contribution is -0.148. The quantitative estimate of drug-likeness (QED) is 0.181. The van der Waals surface area contributed by atoms with Gasteiger partial charge in [0, 0.05) is 31.9 Å². The molecule has 10 nitrogen and oxygen atoms in total. The first-order valence-electron chi connectivity index (χ1n) is 8.73. The summed E-state index contributed by atoms with van der Waals surface area (Å²) in [5, 5.41) is 49.6. The molecule has 156 valence electrons. The lowest BCUT2D eigenvalue weighted by Crippen LogP contribution is -2.55. The van der Waals surface area contributed by atoms with Crippen molar-refractivity contribution in [1.82, 2.24) is 5.32 Å². The van der Waals surface area contributed by atoms with E-state index in [-0.39, 0.29) is 12.1 Å². The van der Waals surface area contributed by atoms with Crippen LogP contribution in [0.3, 0.4) is 0 Å². The summed E-state index contributed by atoms with van der Waals surface area (Å²) >= 11 is 0. The summed E-state index contributed by atoms with van der Waals surface area (Å²) in [5.74, 6) is -0.944. The van der Waals surface area contributed by atoms with Crippen LogP contribution in [0.15, 0.2) is 0 Å². The molecule has 0 bridgehead atoms. The van der Waals surface area contributed by atoms with Gasteiger partial charge in [-0.25, -0.2) is 0 Å². The molecule has 1 amide bonds. The van der Waals surface area contributed by atoms with Crippen LogP contribution in [-0.4, -0.2) is 97.6 Å². The van der Waals surface area contributed by atoms with E-state index in [0.717, 1.165) is 0 Å². The van der Waals surface area contributed by atoms with Crippen LogP contribution in [0.25, 0.3) is 0 Å². The maximum Gasteiger partial charge on any atom is 0.505 e. The lowest BCUT2D eigenvalue weighted by atomic mass is 10.0. The highest BCUT2D eigenvalue weighted by Crippen LogP contribution is 2.25. The molecule has 0 aliphatic carbocycles. The zero-order valence-electron chi connectivity index (χ0n) is 15.8. The first-order chi connectivity index (χ1) is 12.2. The standard InChI is InChI=1S/C15H33NO9Si/c1-5-23-26(24-6-2,25-7-3)10(4)8-16-15(22)14(21)13(20)12(19)11(18)9-17/h10-14,17-21H,5-9H2,1-4H3,(H,16,22)/t10?,11-,12-,13+,14-/m1/s1. The molecule has 5 atom stereocenters. The molecule has 1 unspecified atom stereocenters. The second-order valence-electron chi connectivity index (χ2n) is 5.72. The Morgan fingerprint density at radius 1 is 0.962 bits per heavy atom. The minimum Gasteiger partial charge on any atom is -0.394 e. The smallest absolute Gasteiger partial charge is 0.394 e. The van der Waals surface area contributed by atoms with E-state index in [1.807, 2.05) is 0 Å². The molecule has 11 heteroatoms. The molecular weight excluding hydrogens is 366 g/mol. The summed E-state index contributed by atoms with van der Waals surface area (Å²) in [4.78, 5) is 12.0. The van der Waals surface area contributed by atoms with E-state index in [2.05, 4.69) is 5.32 Å². The van der Waals surface area contributed by atoms with Crippen molar-refractivity contribution in [3.05, 3.63) is 0 Å². The summed E-state index contributed by atoms with van der Waals surface area (Å²) in [5.41, 5.74) is -0.330. The first-order valence-corrected chi connectivity index (χ1v) is 10.5. The van der Waals surface area contributed by atoms with Gasteiger partial charge in [-0.3, -0.25) is 4.79 Å². The number of rotatable bonds is 14. The molecule has 0 aliphatic heterocycles. The van der Waals surface area contributed by atoms with Gasteiger partial charge in [-0.1, -0.05) is 6.92 Å². The van der Waals surface area contributed by atoms with Gasteiger partial charge in [-0.05, 0) is 20.8 Å². The molecule has 0 rings (SSSR count). The van der Waals surface area contributed by atoms with Crippen molar-refractivity contribution < 1.29 is 43.6 Å². The zero-order valence-corrected chi connectivity index (χ0v) is 16.8. The number of hydrogen-bond acceptors (Lipinski definition) is 9. The van der Waals surface area contributed by atoms with Crippen LogP contribution in [0.4, 0.5) is 0 Å². The second-order valence-corrected chi connectivity index (χ2v) is 8.78. The van der Waals surface area contributed by atoms with Crippen molar-refractivity contribution in [2.75, 3.05) is 33.0 Å². The third kappa shape index (κ3) is 7.17. The molecule has 0 aliphatic rings. The molecule has 0 heterocycles. The van der Waals surface area contributed by atoms with Crippen molar-refractivity contribution in [2.45, 2.75) is 57.7 Å². The van der Waals surface area contributed by atoms with Gasteiger partial charge in [0.05, 0.1) is 6.61 Å². The third-order valence-corrected chi connectivity index (χ3v) is 7.23. The zero-order chi connectivity index (χ0) is 20.3. The maximum atomic E-state index is 12.0. The number of nitrogens with one attached hydrogen (secondary N) is 1. The fourth-order valence-corrected chi connectivity index (χ4v) is 4.98. The predicted octanol–water partition coefficient (Wildman–Crippen LogP) is -2.02. The van der Waals surface area contributed by atoms with Gasteiger partial charge in [0.15, 0.2) is 6.10 Å². The van der Waals surface area contributed by atoms with Crippen LogP contribution in [0.2, 0.25) is 5.54 Å². The van der Waals surface area contributed by atoms with Gasteiger partial charge >= 0.3 is 8.80 Å². The van der Waals surface area contributed by atoms with E-state index in [4.69, 9.17) is 18.4 Å². The highest BCUT2D eigenvalue weighted by Gasteiger charge is 2.47. The highest BCUT2D eigenvalue weighted by molar-refractivity contribution is 6.62. The summed E-state index contributed by atoms with van der Waals surface area (Å²) in [7, 11) is -3.05. The average molecular weight is 400 g/mol. The van der Waals surface area contributed by atoms with E-state index in [1.165, 1.54) is 0 Å². The second kappa shape index (κ2) is 12.7. The summed E-state index contributed by atoms with van der Waals surface area (Å²) in [6, 6.07) is 0. The van der Waals surface area contributed by atoms with Crippen molar-refractivity contribution in [3.8, 4) is 0 Å². The Hall–Kier alpha value is -0.633. The molecule has 6 N–H and O–H groups in total. The number of aliphatic hydroxyl groups excluding tert-OH is 5. The lowest BCUT2D eigenvalue weighted by Gasteiger charge is -2.33. The summed E-state index contributed by atoms with van der Waals surface area (Å²) < 4.78 is 17.2. The molecule has 0 aromatic carbocycles. The van der Waals surface area contributed by atoms with Gasteiger partial charge < -0.3 is 44.1 Å². The number of carbonyl (C=O) groups is 1. The molecule has 0 aromatic heterocycles. The average Bonchev–Trinajstić information content (AvgIpc) is 2.63. The number of hydrogen-bond donors (Lipinski definition) is 6. The van der Waals surface area contributed by atoms with Crippen LogP contribution in [-0.2, 0) is 18.1 Å². The normalized spacial score (nSPS) is 18.0. The van der Waals surface area contributed by atoms with Gasteiger partial charge in [0.25, 0.3) is 5.91 Å². The number of aliphatic hydroxyl groups is 5. The highest BCUT2D eigenvalue weighted by atomic mass is 28.4. The minimum absolute atomic E-state index is 0.0491. The molecule has 26 heavy (non-hydrogen) atoms. The van der Waals surface area contributed by atoms with Crippen LogP contribution in [0, 0.1) is 0 Å². The van der Waals surface area contributed by atoms with Crippen LogP contribution >= 0.6 is 0 Å². The number of carbonyl (C=O) groups excluding carboxylic acids is 1. The predicted molar refractivity (Wildman–Crippen MR) is 94.2 cm³/mol. The Morgan fingerprint density at radius 2 is 1.42 bits per heavy atom. The maximum absolute atomic E-state index is 12.0. The summed E-state index contributed by atoms with van der Waals surface area (Å²) in [6.45, 7) is 7.53. The van der Waals surface area contributed by atoms with Crippen molar-refractivity contribution in [1.29, 1.82) is 0 Å². The monoisotopic (exact) mass is 399 g/mol. The minimum atomic E-state index is -3.05. The van der Waals surface area contributed by atoms with E-state index < -0.39 is 45.7 Å². The Bertz CT molecular complexity index is 384. The van der Waals surface area contributed by atoms with Gasteiger partial charge in [0.2, 0.25) is 0 Å². The molecule has 0 aromatic rings. The van der Waals surface area contributed by atoms with E-state index in [1.54, 1.807) is 27.7 Å². The van der Waals surface area contributed by atoms with Crippen LogP contribution in [0.5, 0.6) is 0 Å². The Labute approximate surface area is 155 Å². The molecule has 0 saturated heterocycles. The summed E-state index contributed by atoms with van der Waals surface area (Å²) in [6.07, 6.45) is -7.50. The van der Waals surface area contributed by atoms with E-state index >= 15 is 0 Å².